The molecule has 0 atom stereocenters. The Labute approximate surface area is 134 Å². The van der Waals surface area contributed by atoms with Gasteiger partial charge >= 0.3 is 0 Å². The van der Waals surface area contributed by atoms with Gasteiger partial charge in [0.05, 0.1) is 18.0 Å². The van der Waals surface area contributed by atoms with Crippen molar-refractivity contribution in [3.05, 3.63) is 22.7 Å². The van der Waals surface area contributed by atoms with Crippen molar-refractivity contribution >= 4 is 25.8 Å². The van der Waals surface area contributed by atoms with Crippen LogP contribution >= 0.6 is 15.9 Å². The van der Waals surface area contributed by atoms with Gasteiger partial charge in [0, 0.05) is 4.47 Å². The average Bonchev–Trinajstić information content (AvgIpc) is 2.33. The summed E-state index contributed by atoms with van der Waals surface area (Å²) in [6, 6.07) is 4.97. The normalized spacial score (nSPS) is 26.3. The van der Waals surface area contributed by atoms with Gasteiger partial charge in [-0.15, -0.1) is 0 Å². The van der Waals surface area contributed by atoms with Gasteiger partial charge in [-0.05, 0) is 50.3 Å². The molecule has 0 radical (unpaired) electrons. The summed E-state index contributed by atoms with van der Waals surface area (Å²) in [6.45, 7) is 5.39. The number of rotatable bonds is 4. The SMILES string of the molecule is COc1ccc(Br)cc1S(=O)(=O)C1CC(C)(C(C)(C)O)C1. The highest BCUT2D eigenvalue weighted by Crippen LogP contribution is 2.53. The summed E-state index contributed by atoms with van der Waals surface area (Å²) in [7, 11) is -2.00. The third-order valence-electron chi connectivity index (χ3n) is 4.70. The molecule has 6 heteroatoms. The van der Waals surface area contributed by atoms with Gasteiger partial charge in [0.15, 0.2) is 9.84 Å². The van der Waals surface area contributed by atoms with Crippen molar-refractivity contribution in [3.8, 4) is 5.75 Å². The molecule has 0 heterocycles. The summed E-state index contributed by atoms with van der Waals surface area (Å²) in [5.41, 5.74) is -1.26. The van der Waals surface area contributed by atoms with Crippen molar-refractivity contribution in [3.63, 3.8) is 0 Å². The van der Waals surface area contributed by atoms with Crippen LogP contribution < -0.4 is 4.74 Å². The van der Waals surface area contributed by atoms with Gasteiger partial charge in [-0.2, -0.15) is 0 Å². The lowest BCUT2D eigenvalue weighted by Gasteiger charge is -2.51. The van der Waals surface area contributed by atoms with E-state index in [1.165, 1.54) is 7.11 Å². The van der Waals surface area contributed by atoms with Gasteiger partial charge in [-0.1, -0.05) is 22.9 Å². The van der Waals surface area contributed by atoms with Crippen LogP contribution in [-0.2, 0) is 9.84 Å². The lowest BCUT2D eigenvalue weighted by atomic mass is 9.61. The molecule has 0 saturated heterocycles. The predicted molar refractivity (Wildman–Crippen MR) is 85.3 cm³/mol. The van der Waals surface area contributed by atoms with Gasteiger partial charge in [0.1, 0.15) is 10.6 Å². The molecule has 0 aliphatic heterocycles. The second kappa shape index (κ2) is 5.25. The molecule has 1 aliphatic rings. The zero-order valence-electron chi connectivity index (χ0n) is 12.7. The highest BCUT2D eigenvalue weighted by atomic mass is 79.9. The Balaban J connectivity index is 2.32. The number of methoxy groups -OCH3 is 1. The smallest absolute Gasteiger partial charge is 0.184 e. The lowest BCUT2D eigenvalue weighted by Crippen LogP contribution is -2.54. The Bertz CT molecular complexity index is 640. The summed E-state index contributed by atoms with van der Waals surface area (Å²) >= 11 is 3.30. The van der Waals surface area contributed by atoms with E-state index in [9.17, 15) is 13.5 Å². The molecule has 0 bridgehead atoms. The van der Waals surface area contributed by atoms with E-state index in [1.54, 1.807) is 32.0 Å². The van der Waals surface area contributed by atoms with Crippen LogP contribution in [0, 0.1) is 5.41 Å². The van der Waals surface area contributed by atoms with Crippen LogP contribution in [-0.4, -0.2) is 31.5 Å². The lowest BCUT2D eigenvalue weighted by molar-refractivity contribution is -0.0881. The molecule has 1 saturated carbocycles. The molecular formula is C15H21BrO4S. The molecule has 0 unspecified atom stereocenters. The highest BCUT2D eigenvalue weighted by molar-refractivity contribution is 9.10. The maximum absolute atomic E-state index is 12.8. The fourth-order valence-corrected chi connectivity index (χ4v) is 5.49. The van der Waals surface area contributed by atoms with Crippen molar-refractivity contribution in [2.75, 3.05) is 7.11 Å². The molecule has 1 fully saturated rings. The fourth-order valence-electron chi connectivity index (χ4n) is 2.72. The average molecular weight is 377 g/mol. The topological polar surface area (TPSA) is 63.6 Å². The molecule has 1 aliphatic carbocycles. The maximum atomic E-state index is 12.8. The summed E-state index contributed by atoms with van der Waals surface area (Å²) in [6.07, 6.45) is 0.906. The first-order valence-electron chi connectivity index (χ1n) is 6.81. The number of ether oxygens (including phenoxy) is 1. The van der Waals surface area contributed by atoms with Crippen LogP contribution in [0.3, 0.4) is 0 Å². The predicted octanol–water partition coefficient (Wildman–Crippen LogP) is 3.17. The van der Waals surface area contributed by atoms with Crippen molar-refractivity contribution in [2.45, 2.75) is 49.4 Å². The van der Waals surface area contributed by atoms with E-state index in [0.717, 1.165) is 0 Å². The summed E-state index contributed by atoms with van der Waals surface area (Å²) in [5, 5.41) is 9.69. The van der Waals surface area contributed by atoms with Crippen LogP contribution in [0.1, 0.15) is 33.6 Å². The largest absolute Gasteiger partial charge is 0.495 e. The quantitative estimate of drug-likeness (QED) is 0.876. The third-order valence-corrected chi connectivity index (χ3v) is 7.34. The number of halogens is 1. The third kappa shape index (κ3) is 2.85. The van der Waals surface area contributed by atoms with Gasteiger partial charge in [0.2, 0.25) is 0 Å². The Kier molecular flexibility index (Phi) is 4.19. The Morgan fingerprint density at radius 3 is 2.43 bits per heavy atom. The van der Waals surface area contributed by atoms with E-state index in [0.29, 0.717) is 23.1 Å². The van der Waals surface area contributed by atoms with E-state index in [4.69, 9.17) is 4.74 Å². The summed E-state index contributed by atoms with van der Waals surface area (Å²) in [4.78, 5) is 0.210. The van der Waals surface area contributed by atoms with E-state index < -0.39 is 20.7 Å². The zero-order valence-corrected chi connectivity index (χ0v) is 15.1. The molecule has 4 nitrogen and oxygen atoms in total. The van der Waals surface area contributed by atoms with E-state index >= 15 is 0 Å². The van der Waals surface area contributed by atoms with Crippen LogP contribution in [0.25, 0.3) is 0 Å². The van der Waals surface area contributed by atoms with Crippen LogP contribution in [0.2, 0.25) is 0 Å². The molecule has 1 N–H and O–H groups in total. The van der Waals surface area contributed by atoms with Gasteiger partial charge in [0.25, 0.3) is 0 Å². The first-order chi connectivity index (χ1) is 9.51. The van der Waals surface area contributed by atoms with Crippen molar-refractivity contribution in [2.24, 2.45) is 5.41 Å². The van der Waals surface area contributed by atoms with Gasteiger partial charge in [-0.25, -0.2) is 8.42 Å². The standard InChI is InChI=1S/C15H21BrO4S/c1-14(2,17)15(3)8-11(9-15)21(18,19)13-7-10(16)5-6-12(13)20-4/h5-7,11,17H,8-9H2,1-4H3. The Morgan fingerprint density at radius 1 is 1.38 bits per heavy atom. The maximum Gasteiger partial charge on any atom is 0.184 e. The molecule has 1 aromatic rings. The number of sulfone groups is 1. The number of benzene rings is 1. The van der Waals surface area contributed by atoms with Crippen molar-refractivity contribution < 1.29 is 18.3 Å². The molecule has 2 rings (SSSR count). The number of hydrogen-bond donors (Lipinski definition) is 1. The summed E-state index contributed by atoms with van der Waals surface area (Å²) in [5.74, 6) is 0.357. The first-order valence-corrected chi connectivity index (χ1v) is 9.15. The molecule has 1 aromatic carbocycles. The van der Waals surface area contributed by atoms with Crippen molar-refractivity contribution in [1.29, 1.82) is 0 Å². The number of aliphatic hydroxyl groups is 1. The summed E-state index contributed by atoms with van der Waals surface area (Å²) < 4.78 is 31.4. The van der Waals surface area contributed by atoms with Crippen LogP contribution in [0.5, 0.6) is 5.75 Å². The number of hydrogen-bond acceptors (Lipinski definition) is 4. The highest BCUT2D eigenvalue weighted by Gasteiger charge is 2.54. The second-order valence-corrected chi connectivity index (χ2v) is 9.60. The van der Waals surface area contributed by atoms with Gasteiger partial charge in [-0.3, -0.25) is 0 Å². The molecule has 0 amide bonds. The van der Waals surface area contributed by atoms with Crippen LogP contribution in [0.4, 0.5) is 0 Å². The Morgan fingerprint density at radius 2 is 1.95 bits per heavy atom. The fraction of sp³-hybridized carbons (Fsp3) is 0.600. The molecular weight excluding hydrogens is 356 g/mol. The molecule has 118 valence electrons. The van der Waals surface area contributed by atoms with Gasteiger partial charge < -0.3 is 9.84 Å². The van der Waals surface area contributed by atoms with E-state index in [-0.39, 0.29) is 10.3 Å². The monoisotopic (exact) mass is 376 g/mol. The van der Waals surface area contributed by atoms with E-state index in [1.807, 2.05) is 6.92 Å². The van der Waals surface area contributed by atoms with Crippen molar-refractivity contribution in [1.82, 2.24) is 0 Å². The minimum atomic E-state index is -3.46. The molecule has 21 heavy (non-hydrogen) atoms. The second-order valence-electron chi connectivity index (χ2n) is 6.49. The van der Waals surface area contributed by atoms with Crippen LogP contribution in [0.15, 0.2) is 27.6 Å². The minimum absolute atomic E-state index is 0.210. The molecule has 0 spiro atoms. The minimum Gasteiger partial charge on any atom is -0.495 e. The molecule has 0 aromatic heterocycles. The first kappa shape index (κ1) is 16.8. The zero-order chi connectivity index (χ0) is 16.1. The Hall–Kier alpha value is -0.590. The van der Waals surface area contributed by atoms with E-state index in [2.05, 4.69) is 15.9 Å².